The molecular formula is C129H79N9S3. The third-order valence-electron chi connectivity index (χ3n) is 28.9. The molecule has 0 N–H and O–H groups in total. The lowest BCUT2D eigenvalue weighted by Gasteiger charge is -2.22. The Bertz CT molecular complexity index is 10800. The van der Waals surface area contributed by atoms with E-state index in [1.54, 1.807) is 0 Å². The first-order valence-electron chi connectivity index (χ1n) is 50.0. The van der Waals surface area contributed by atoms with Gasteiger partial charge in [-0.1, -0.05) is 347 Å². The molecule has 0 aliphatic heterocycles. The molecule has 0 saturated carbocycles. The van der Waals surface area contributed by atoms with Crippen molar-refractivity contribution in [1.29, 1.82) is 0 Å². The Hall–Kier alpha value is -17.5. The fourth-order valence-electron chi connectivity index (χ4n) is 22.6. The van der Waals surface area contributed by atoms with E-state index in [0.717, 1.165) is 83.7 Å². The second kappa shape index (κ2) is 31.8. The zero-order chi connectivity index (χ0) is 97.2. The van der Waals surface area contributed by atoms with Crippen molar-refractivity contribution >= 4 is 225 Å². The van der Waals surface area contributed by atoms with Crippen molar-refractivity contribution in [3.05, 3.63) is 454 Å². The van der Waals surface area contributed by atoms with Crippen molar-refractivity contribution in [2.24, 2.45) is 0 Å². The van der Waals surface area contributed by atoms with Crippen LogP contribution in [0.4, 0.5) is 0 Å². The van der Waals surface area contributed by atoms with Gasteiger partial charge in [0, 0.05) is 170 Å². The molecule has 0 saturated heterocycles. The topological polar surface area (TPSA) is 92.1 Å². The minimum Gasteiger partial charge on any atom is -0.309 e. The molecular weight excluding hydrogens is 1770 g/mol. The molecule has 0 bridgehead atoms. The molecule has 21 aromatic carbocycles. The average Bonchev–Trinajstić information content (AvgIpc) is 1.55. The molecule has 0 amide bonds. The Labute approximate surface area is 827 Å². The molecule has 0 spiro atoms. The van der Waals surface area contributed by atoms with E-state index >= 15 is 0 Å². The highest BCUT2D eigenvalue weighted by Crippen LogP contribution is 2.55. The van der Waals surface area contributed by atoms with Gasteiger partial charge in [-0.05, 0) is 148 Å². The Morgan fingerprint density at radius 3 is 1.02 bits per heavy atom. The second-order valence-electron chi connectivity index (χ2n) is 36.9. The van der Waals surface area contributed by atoms with Crippen molar-refractivity contribution in [3.8, 4) is 85.0 Å². The highest BCUT2D eigenvalue weighted by atomic mass is 32.1. The lowest BCUT2D eigenvalue weighted by molar-refractivity contribution is 0.660. The van der Waals surface area contributed by atoms with Crippen molar-refractivity contribution in [1.82, 2.24) is 43.6 Å². The van der Waals surface area contributed by atoms with Crippen LogP contribution in [-0.2, 0) is 5.41 Å². The number of rotatable bonds is 8. The Morgan fingerprint density at radius 2 is 0.567 bits per heavy atom. The minimum absolute atomic E-state index is 0.0574. The van der Waals surface area contributed by atoms with Crippen LogP contribution in [0.1, 0.15) is 31.8 Å². The molecule has 0 unspecified atom stereocenters. The molecule has 1 aliphatic carbocycles. The van der Waals surface area contributed by atoms with Crippen LogP contribution in [0.25, 0.3) is 276 Å². The van der Waals surface area contributed by atoms with Gasteiger partial charge in [0.15, 0.2) is 11.6 Å². The highest BCUT2D eigenvalue weighted by molar-refractivity contribution is 7.28. The lowest BCUT2D eigenvalue weighted by Crippen LogP contribution is -2.15. The summed E-state index contributed by atoms with van der Waals surface area (Å²) in [6.45, 7) is 4.67. The van der Waals surface area contributed by atoms with Gasteiger partial charge in [0.1, 0.15) is 0 Å². The zero-order valence-corrected chi connectivity index (χ0v) is 78.5. The minimum atomic E-state index is -0.436. The summed E-state index contributed by atoms with van der Waals surface area (Å²) in [7, 11) is 0. The summed E-state index contributed by atoms with van der Waals surface area (Å²) in [4.78, 5) is 30.8. The number of para-hydroxylation sites is 6. The number of nitrogens with zero attached hydrogens (tertiary/aromatic N) is 9. The van der Waals surface area contributed by atoms with E-state index in [1.165, 1.54) is 169 Å². The molecule has 31 rings (SSSR count). The van der Waals surface area contributed by atoms with Gasteiger partial charge in [-0.25, -0.2) is 29.9 Å². The van der Waals surface area contributed by atoms with E-state index in [2.05, 4.69) is 392 Å². The van der Waals surface area contributed by atoms with Crippen LogP contribution in [0.2, 0.25) is 0 Å². The van der Waals surface area contributed by atoms with Crippen molar-refractivity contribution < 1.29 is 6.85 Å². The fraction of sp³-hybridized carbons (Fsp3) is 0.0233. The standard InChI is InChI=1S/C45H29N3S.2C42H25N3S/c1-45(2)34-19-9-5-13-27(34)28-24-23-26(25-35(28)45)41-31-16-6-10-20-36(31)46-44(47-41)48-37-21-11-7-17-32(37)39-29-14-3-4-15-30(29)43-40(42(39)48)33-18-8-12-22-38(33)49-43;2*1-2-12-26(13-3-1)39-31-16-6-9-19-34(31)43-42(44-39)27-22-24-28(25-23-27)45-35-20-10-7-17-32(35)37-29-14-4-5-15-30(29)41-38(40(37)45)33-18-8-11-21-36(33)46-41/h3-25H,1-2H3;2*1-25H/i;1D,2D,3D,12D,13D;. The van der Waals surface area contributed by atoms with Gasteiger partial charge in [-0.2, -0.15) is 0 Å². The highest BCUT2D eigenvalue weighted by Gasteiger charge is 2.37. The molecule has 658 valence electrons. The van der Waals surface area contributed by atoms with Crippen LogP contribution >= 0.6 is 34.0 Å². The van der Waals surface area contributed by atoms with Gasteiger partial charge in [-0.3, -0.25) is 4.57 Å². The van der Waals surface area contributed by atoms with E-state index in [1.807, 2.05) is 82.5 Å². The maximum atomic E-state index is 8.67. The summed E-state index contributed by atoms with van der Waals surface area (Å²) in [6, 6.07) is 144. The SMILES string of the molecule is CC1(C)c2ccccc2-c2ccc(-c3nc(-n4c5ccccc5c5c6ccccc6c6sc7ccccc7c6c54)nc4ccccc34)cc21.[2H]c1c([2H])c([2H])c(-c2nc(-c3ccc(-n4c5ccccc5c5c6ccccc6c6sc7ccccc7c6c54)cc3)nc3ccccc23)c([2H])c1[2H].c1ccc(-c2nc(-c3ccc(-n4c5ccccc5c5c6ccccc6c6sc7ccccc7c6c54)cc3)nc3ccccc23)cc1. The third-order valence-corrected chi connectivity index (χ3v) is 32.5. The van der Waals surface area contributed by atoms with Gasteiger partial charge < -0.3 is 9.13 Å². The Morgan fingerprint density at radius 1 is 0.234 bits per heavy atom. The van der Waals surface area contributed by atoms with Crippen LogP contribution in [0.15, 0.2) is 443 Å². The van der Waals surface area contributed by atoms with Crippen LogP contribution in [0.5, 0.6) is 0 Å². The summed E-state index contributed by atoms with van der Waals surface area (Å²) in [6.07, 6.45) is 0. The molecule has 9 heterocycles. The molecule has 0 radical (unpaired) electrons. The average molecular weight is 1860 g/mol. The van der Waals surface area contributed by atoms with Crippen molar-refractivity contribution in [2.45, 2.75) is 19.3 Å². The smallest absolute Gasteiger partial charge is 0.235 e. The predicted molar refractivity (Wildman–Crippen MR) is 598 cm³/mol. The predicted octanol–water partition coefficient (Wildman–Crippen LogP) is 35.4. The monoisotopic (exact) mass is 1850 g/mol. The summed E-state index contributed by atoms with van der Waals surface area (Å²) < 4.78 is 56.9. The van der Waals surface area contributed by atoms with Crippen LogP contribution in [0, 0.1) is 0 Å². The molecule has 1 aliphatic rings. The molecule has 30 aromatic rings. The maximum absolute atomic E-state index is 8.67. The van der Waals surface area contributed by atoms with Crippen LogP contribution < -0.4 is 0 Å². The number of hydrogen-bond donors (Lipinski definition) is 0. The fourth-order valence-corrected chi connectivity index (χ4v) is 26.4. The first-order chi connectivity index (χ1) is 71.8. The molecule has 0 atom stereocenters. The molecule has 0 fully saturated rings. The van der Waals surface area contributed by atoms with E-state index in [4.69, 9.17) is 36.8 Å². The van der Waals surface area contributed by atoms with Gasteiger partial charge in [0.05, 0.1) is 73.6 Å². The number of fused-ring (bicyclic) bond motifs is 36. The first-order valence-corrected chi connectivity index (χ1v) is 49.9. The van der Waals surface area contributed by atoms with E-state index in [0.29, 0.717) is 28.4 Å². The lowest BCUT2D eigenvalue weighted by atomic mass is 9.82. The van der Waals surface area contributed by atoms with Crippen molar-refractivity contribution in [3.63, 3.8) is 0 Å². The molecule has 12 heteroatoms. The van der Waals surface area contributed by atoms with E-state index in [-0.39, 0.29) is 23.1 Å². The molecule has 9 nitrogen and oxygen atoms in total. The van der Waals surface area contributed by atoms with E-state index < -0.39 is 18.1 Å². The molecule has 9 aromatic heterocycles. The quantitative estimate of drug-likeness (QED) is 0.150. The first kappa shape index (κ1) is 75.7. The number of benzene rings is 21. The Kier molecular flexibility index (Phi) is 17.1. The summed E-state index contributed by atoms with van der Waals surface area (Å²) >= 11 is 5.60. The summed E-state index contributed by atoms with van der Waals surface area (Å²) in [5, 5.41) is 25.4. The zero-order valence-electron chi connectivity index (χ0n) is 81.0. The van der Waals surface area contributed by atoms with Gasteiger partial charge in [0.25, 0.3) is 0 Å². The summed E-state index contributed by atoms with van der Waals surface area (Å²) in [5.74, 6) is 1.82. The van der Waals surface area contributed by atoms with Crippen molar-refractivity contribution in [2.75, 3.05) is 0 Å². The number of aromatic nitrogens is 9. The Balaban J connectivity index is 0.000000104. The second-order valence-corrected chi connectivity index (χ2v) is 40.0. The van der Waals surface area contributed by atoms with Gasteiger partial charge in [0.2, 0.25) is 5.95 Å². The number of thiophene rings is 3. The van der Waals surface area contributed by atoms with Gasteiger partial charge in [-0.15, -0.1) is 34.0 Å². The van der Waals surface area contributed by atoms with Gasteiger partial charge >= 0.3 is 0 Å². The van der Waals surface area contributed by atoms with Crippen LogP contribution in [0.3, 0.4) is 0 Å². The third kappa shape index (κ3) is 12.4. The van der Waals surface area contributed by atoms with Crippen LogP contribution in [-0.4, -0.2) is 43.6 Å². The maximum Gasteiger partial charge on any atom is 0.235 e. The number of hydrogen-bond acceptors (Lipinski definition) is 9. The normalized spacial score (nSPS) is 13.0. The molecule has 141 heavy (non-hydrogen) atoms. The largest absolute Gasteiger partial charge is 0.309 e. The summed E-state index contributed by atoms with van der Waals surface area (Å²) in [5.41, 5.74) is 23.0. The van der Waals surface area contributed by atoms with E-state index in [9.17, 15) is 0 Å².